The molecule has 0 spiro atoms. The Morgan fingerprint density at radius 1 is 1.00 bits per heavy atom. The zero-order valence-corrected chi connectivity index (χ0v) is 19.4. The molecular weight excluding hydrogens is 448 g/mol. The molecule has 184 valence electrons. The number of hydrogen-bond donors (Lipinski definition) is 3. The second kappa shape index (κ2) is 10.1. The summed E-state index contributed by atoms with van der Waals surface area (Å²) in [5.74, 6) is -1.90. The van der Waals surface area contributed by atoms with Crippen LogP contribution in [0.2, 0.25) is 0 Å². The quantitative estimate of drug-likeness (QED) is 0.563. The van der Waals surface area contributed by atoms with Crippen molar-refractivity contribution in [1.29, 1.82) is 0 Å². The van der Waals surface area contributed by atoms with Crippen LogP contribution in [0, 0.1) is 11.8 Å². The summed E-state index contributed by atoms with van der Waals surface area (Å²) in [7, 11) is 0. The number of amides is 2. The van der Waals surface area contributed by atoms with E-state index in [1.165, 1.54) is 11.1 Å². The molecule has 0 aromatic heterocycles. The van der Waals surface area contributed by atoms with E-state index in [2.05, 4.69) is 34.9 Å². The van der Waals surface area contributed by atoms with Gasteiger partial charge in [-0.2, -0.15) is 0 Å². The van der Waals surface area contributed by atoms with E-state index in [1.54, 1.807) is 0 Å². The Bertz CT molecular complexity index is 1070. The van der Waals surface area contributed by atoms with Crippen LogP contribution in [0.3, 0.4) is 0 Å². The maximum absolute atomic E-state index is 12.8. The minimum atomic E-state index is -0.873. The van der Waals surface area contributed by atoms with Crippen LogP contribution >= 0.6 is 0 Å². The second-order valence-electron chi connectivity index (χ2n) is 9.59. The minimum Gasteiger partial charge on any atom is -0.481 e. The Balaban J connectivity index is 1.13. The van der Waals surface area contributed by atoms with Crippen molar-refractivity contribution in [2.75, 3.05) is 19.8 Å². The summed E-state index contributed by atoms with van der Waals surface area (Å²) in [5, 5.41) is 14.9. The molecule has 2 aromatic rings. The van der Waals surface area contributed by atoms with Crippen LogP contribution in [-0.4, -0.2) is 55.0 Å². The molecule has 3 N–H and O–H groups in total. The Kier molecular flexibility index (Phi) is 6.72. The van der Waals surface area contributed by atoms with Gasteiger partial charge in [0.05, 0.1) is 24.5 Å². The average Bonchev–Trinajstić information content (AvgIpc) is 3.59. The van der Waals surface area contributed by atoms with Crippen LogP contribution < -0.4 is 10.6 Å². The summed E-state index contributed by atoms with van der Waals surface area (Å²) in [6.45, 7) is 0.676. The van der Waals surface area contributed by atoms with Crippen LogP contribution in [0.1, 0.15) is 42.7 Å². The molecule has 8 heteroatoms. The van der Waals surface area contributed by atoms with Crippen molar-refractivity contribution in [1.82, 2.24) is 10.6 Å². The van der Waals surface area contributed by atoms with Crippen LogP contribution in [0.15, 0.2) is 48.5 Å². The number of aliphatic carboxylic acids is 1. The fraction of sp³-hybridized carbons (Fsp3) is 0.444. The van der Waals surface area contributed by atoms with Gasteiger partial charge in [0.15, 0.2) is 0 Å². The molecule has 2 unspecified atom stereocenters. The van der Waals surface area contributed by atoms with Crippen molar-refractivity contribution in [3.8, 4) is 11.1 Å². The van der Waals surface area contributed by atoms with E-state index < -0.39 is 18.0 Å². The Morgan fingerprint density at radius 3 is 2.34 bits per heavy atom. The number of carbonyl (C=O) groups excluding carboxylic acids is 2. The zero-order valence-electron chi connectivity index (χ0n) is 19.4. The maximum atomic E-state index is 12.8. The number of carboxylic acid groups (broad SMARTS) is 1. The first-order valence-corrected chi connectivity index (χ1v) is 12.2. The summed E-state index contributed by atoms with van der Waals surface area (Å²) < 4.78 is 11.1. The van der Waals surface area contributed by atoms with Crippen molar-refractivity contribution in [3.05, 3.63) is 59.7 Å². The highest BCUT2D eigenvalue weighted by Crippen LogP contribution is 2.44. The van der Waals surface area contributed by atoms with Crippen LogP contribution in [-0.2, 0) is 19.1 Å². The van der Waals surface area contributed by atoms with E-state index in [-0.39, 0.29) is 49.6 Å². The fourth-order valence-corrected chi connectivity index (χ4v) is 5.60. The summed E-state index contributed by atoms with van der Waals surface area (Å²) in [6, 6.07) is 16.1. The first kappa shape index (κ1) is 23.4. The first-order valence-electron chi connectivity index (χ1n) is 12.2. The average molecular weight is 479 g/mol. The third kappa shape index (κ3) is 4.89. The zero-order chi connectivity index (χ0) is 24.4. The lowest BCUT2D eigenvalue weighted by Gasteiger charge is -2.22. The highest BCUT2D eigenvalue weighted by Gasteiger charge is 2.36. The molecule has 4 atom stereocenters. The van der Waals surface area contributed by atoms with Crippen molar-refractivity contribution in [2.24, 2.45) is 11.8 Å². The Hall–Kier alpha value is -3.39. The van der Waals surface area contributed by atoms with Crippen molar-refractivity contribution in [2.45, 2.75) is 43.7 Å². The number of hydrogen-bond acceptors (Lipinski definition) is 5. The molecule has 2 fully saturated rings. The van der Waals surface area contributed by atoms with E-state index in [0.717, 1.165) is 17.5 Å². The molecular formula is C27H30N2O6. The number of benzene rings is 2. The summed E-state index contributed by atoms with van der Waals surface area (Å²) >= 11 is 0. The summed E-state index contributed by atoms with van der Waals surface area (Å²) in [4.78, 5) is 36.5. The second-order valence-corrected chi connectivity index (χ2v) is 9.59. The summed E-state index contributed by atoms with van der Waals surface area (Å²) in [6.07, 6.45) is 1.82. The predicted octanol–water partition coefficient (Wildman–Crippen LogP) is 3.30. The normalized spacial score (nSPS) is 25.0. The minimum absolute atomic E-state index is 0.0168. The van der Waals surface area contributed by atoms with Gasteiger partial charge in [0.25, 0.3) is 0 Å². The summed E-state index contributed by atoms with van der Waals surface area (Å²) in [5.41, 5.74) is 4.65. The van der Waals surface area contributed by atoms with Crippen molar-refractivity contribution in [3.63, 3.8) is 0 Å². The third-order valence-corrected chi connectivity index (χ3v) is 7.43. The topological polar surface area (TPSA) is 114 Å². The highest BCUT2D eigenvalue weighted by molar-refractivity contribution is 5.81. The van der Waals surface area contributed by atoms with Gasteiger partial charge < -0.3 is 25.2 Å². The molecule has 35 heavy (non-hydrogen) atoms. The Morgan fingerprint density at radius 2 is 1.69 bits per heavy atom. The number of fused-ring (bicyclic) bond motifs is 3. The number of alkyl carbamates (subject to hydrolysis) is 1. The molecule has 2 aromatic carbocycles. The molecule has 1 saturated heterocycles. The monoisotopic (exact) mass is 478 g/mol. The van der Waals surface area contributed by atoms with Gasteiger partial charge >= 0.3 is 12.1 Å². The van der Waals surface area contributed by atoms with Gasteiger partial charge in [0.1, 0.15) is 6.61 Å². The fourth-order valence-electron chi connectivity index (χ4n) is 5.60. The van der Waals surface area contributed by atoms with E-state index in [1.807, 2.05) is 24.3 Å². The molecule has 8 nitrogen and oxygen atoms in total. The van der Waals surface area contributed by atoms with E-state index in [4.69, 9.17) is 14.6 Å². The van der Waals surface area contributed by atoms with Gasteiger partial charge in [-0.1, -0.05) is 55.0 Å². The van der Waals surface area contributed by atoms with Crippen LogP contribution in [0.5, 0.6) is 0 Å². The number of carbonyl (C=O) groups is 3. The number of nitrogens with one attached hydrogen (secondary N) is 2. The SMILES string of the molecule is O=C(NC1CCCC1C(=O)NC[C@@H]1C[C@H](C(=O)O)CO1)OCC1c2ccccc2-c2ccccc21. The molecule has 2 aliphatic carbocycles. The lowest BCUT2D eigenvalue weighted by Crippen LogP contribution is -2.45. The van der Waals surface area contributed by atoms with E-state index >= 15 is 0 Å². The van der Waals surface area contributed by atoms with Gasteiger partial charge in [0, 0.05) is 18.5 Å². The smallest absolute Gasteiger partial charge is 0.407 e. The van der Waals surface area contributed by atoms with Gasteiger partial charge in [-0.3, -0.25) is 9.59 Å². The van der Waals surface area contributed by atoms with Crippen molar-refractivity contribution < 1.29 is 29.0 Å². The number of ether oxygens (including phenoxy) is 2. The lowest BCUT2D eigenvalue weighted by molar-refractivity contribution is -0.141. The molecule has 1 saturated carbocycles. The van der Waals surface area contributed by atoms with Gasteiger partial charge in [-0.15, -0.1) is 0 Å². The van der Waals surface area contributed by atoms with Gasteiger partial charge in [-0.05, 0) is 41.5 Å². The molecule has 3 aliphatic rings. The molecule has 1 heterocycles. The molecule has 0 radical (unpaired) electrons. The number of carboxylic acids is 1. The lowest BCUT2D eigenvalue weighted by atomic mass is 9.98. The van der Waals surface area contributed by atoms with Gasteiger partial charge in [-0.25, -0.2) is 4.79 Å². The van der Waals surface area contributed by atoms with Crippen LogP contribution in [0.4, 0.5) is 4.79 Å². The third-order valence-electron chi connectivity index (χ3n) is 7.43. The molecule has 2 amide bonds. The van der Waals surface area contributed by atoms with Gasteiger partial charge in [0.2, 0.25) is 5.91 Å². The number of rotatable bonds is 7. The van der Waals surface area contributed by atoms with E-state index in [9.17, 15) is 14.4 Å². The van der Waals surface area contributed by atoms with Crippen LogP contribution in [0.25, 0.3) is 11.1 Å². The Labute approximate surface area is 204 Å². The molecule has 0 bridgehead atoms. The standard InChI is InChI=1S/C27H30N2O6/c30-25(28-13-17-12-16(14-34-17)26(31)32)22-10-5-11-24(22)29-27(33)35-15-23-20-8-3-1-6-18(20)19-7-2-4-9-21(19)23/h1-4,6-9,16-17,22-24H,5,10-15H2,(H,28,30)(H,29,33)(H,31,32)/t16-,17-,22?,24?/m0/s1. The largest absolute Gasteiger partial charge is 0.481 e. The van der Waals surface area contributed by atoms with E-state index in [0.29, 0.717) is 19.3 Å². The molecule has 5 rings (SSSR count). The molecule has 1 aliphatic heterocycles. The first-order chi connectivity index (χ1) is 17.0. The predicted molar refractivity (Wildman–Crippen MR) is 128 cm³/mol. The van der Waals surface area contributed by atoms with Crippen molar-refractivity contribution >= 4 is 18.0 Å². The maximum Gasteiger partial charge on any atom is 0.407 e. The highest BCUT2D eigenvalue weighted by atomic mass is 16.5.